The molecule has 168 valence electrons. The number of carbonyl (C=O) groups excluding carboxylic acids is 1. The molecule has 6 nitrogen and oxygen atoms in total. The highest BCUT2D eigenvalue weighted by molar-refractivity contribution is 7.92. The van der Waals surface area contributed by atoms with Gasteiger partial charge in [-0.25, -0.2) is 8.42 Å². The van der Waals surface area contributed by atoms with Crippen molar-refractivity contribution >= 4 is 33.2 Å². The van der Waals surface area contributed by atoms with E-state index < -0.39 is 10.0 Å². The van der Waals surface area contributed by atoms with E-state index in [1.807, 2.05) is 18.7 Å². The van der Waals surface area contributed by atoms with Crippen LogP contribution in [0.3, 0.4) is 0 Å². The smallest absolute Gasteiger partial charge is 0.264 e. The first-order valence-electron chi connectivity index (χ1n) is 10.5. The molecular weight excluding hydrogens is 436 g/mol. The molecule has 0 radical (unpaired) electrons. The van der Waals surface area contributed by atoms with Gasteiger partial charge in [0, 0.05) is 44.4 Å². The van der Waals surface area contributed by atoms with Crippen LogP contribution < -0.4 is 9.04 Å². The molecular formula is C23H29ClN2O4S. The molecule has 31 heavy (non-hydrogen) atoms. The summed E-state index contributed by atoms with van der Waals surface area (Å²) in [6.07, 6.45) is 1.54. The number of rotatable bonds is 7. The fourth-order valence-electron chi connectivity index (χ4n) is 3.60. The summed E-state index contributed by atoms with van der Waals surface area (Å²) in [6, 6.07) is 13.4. The second kappa shape index (κ2) is 9.92. The lowest BCUT2D eigenvalue weighted by Gasteiger charge is -2.31. The third-order valence-electron chi connectivity index (χ3n) is 5.23. The minimum atomic E-state index is -3.76. The molecule has 0 spiro atoms. The van der Waals surface area contributed by atoms with Crippen LogP contribution in [-0.2, 0) is 14.8 Å². The van der Waals surface area contributed by atoms with Crippen LogP contribution in [-0.4, -0.2) is 45.0 Å². The highest BCUT2D eigenvalue weighted by Gasteiger charge is 2.26. The van der Waals surface area contributed by atoms with Crippen LogP contribution in [0, 0.1) is 5.92 Å². The number of anilines is 1. The lowest BCUT2D eigenvalue weighted by Crippen LogP contribution is -2.40. The van der Waals surface area contributed by atoms with E-state index in [4.69, 9.17) is 16.3 Å². The van der Waals surface area contributed by atoms with Crippen LogP contribution in [0.1, 0.15) is 33.6 Å². The normalized spacial score (nSPS) is 15.2. The summed E-state index contributed by atoms with van der Waals surface area (Å²) < 4.78 is 34.2. The van der Waals surface area contributed by atoms with Crippen molar-refractivity contribution in [1.82, 2.24) is 4.90 Å². The number of carbonyl (C=O) groups is 1. The van der Waals surface area contributed by atoms with Gasteiger partial charge in [-0.15, -0.1) is 0 Å². The van der Waals surface area contributed by atoms with Crippen molar-refractivity contribution in [2.24, 2.45) is 5.92 Å². The molecule has 0 aliphatic carbocycles. The van der Waals surface area contributed by atoms with Gasteiger partial charge < -0.3 is 9.64 Å². The number of sulfonamides is 1. The molecule has 2 aromatic carbocycles. The molecule has 0 saturated carbocycles. The molecule has 1 heterocycles. The number of benzene rings is 2. The van der Waals surface area contributed by atoms with Crippen LogP contribution in [0.25, 0.3) is 0 Å². The van der Waals surface area contributed by atoms with E-state index in [-0.39, 0.29) is 22.8 Å². The monoisotopic (exact) mass is 464 g/mol. The predicted octanol–water partition coefficient (Wildman–Crippen LogP) is 4.58. The first kappa shape index (κ1) is 23.4. The van der Waals surface area contributed by atoms with Gasteiger partial charge in [-0.2, -0.15) is 0 Å². The molecule has 3 rings (SSSR count). The number of ether oxygens (including phenoxy) is 1. The highest BCUT2D eigenvalue weighted by atomic mass is 35.5. The molecule has 2 aromatic rings. The number of nitrogens with zero attached hydrogens (tertiary/aromatic N) is 2. The first-order valence-corrected chi connectivity index (χ1v) is 12.3. The zero-order valence-electron chi connectivity index (χ0n) is 18.1. The largest absolute Gasteiger partial charge is 0.490 e. The maximum Gasteiger partial charge on any atom is 0.264 e. The van der Waals surface area contributed by atoms with E-state index in [9.17, 15) is 13.2 Å². The van der Waals surface area contributed by atoms with Gasteiger partial charge in [0.05, 0.1) is 10.6 Å². The first-order chi connectivity index (χ1) is 14.7. The predicted molar refractivity (Wildman–Crippen MR) is 123 cm³/mol. The number of hydrogen-bond acceptors (Lipinski definition) is 4. The zero-order chi connectivity index (χ0) is 22.6. The van der Waals surface area contributed by atoms with Gasteiger partial charge in [0.15, 0.2) is 0 Å². The zero-order valence-corrected chi connectivity index (χ0v) is 19.7. The summed E-state index contributed by atoms with van der Waals surface area (Å²) >= 11 is 6.10. The number of piperidine rings is 1. The molecule has 0 unspecified atom stereocenters. The maximum absolute atomic E-state index is 13.4. The van der Waals surface area contributed by atoms with Crippen molar-refractivity contribution in [3.8, 4) is 5.75 Å². The van der Waals surface area contributed by atoms with E-state index in [0.29, 0.717) is 36.1 Å². The van der Waals surface area contributed by atoms with Crippen molar-refractivity contribution in [3.63, 3.8) is 0 Å². The van der Waals surface area contributed by atoms with Gasteiger partial charge in [0.1, 0.15) is 11.9 Å². The van der Waals surface area contributed by atoms with Gasteiger partial charge in [0.2, 0.25) is 5.91 Å². The SMILES string of the molecule is CC(=O)N1CCC(Oc2ccc(S(=O)(=O)N(CC(C)C)c3cccc(Cl)c3)cc2)CC1. The van der Waals surface area contributed by atoms with Gasteiger partial charge >= 0.3 is 0 Å². The fourth-order valence-corrected chi connectivity index (χ4v) is 5.41. The number of halogens is 1. The molecule has 1 saturated heterocycles. The third kappa shape index (κ3) is 5.92. The van der Waals surface area contributed by atoms with E-state index >= 15 is 0 Å². The Bertz CT molecular complexity index is 1000. The van der Waals surface area contributed by atoms with Crippen molar-refractivity contribution in [2.45, 2.75) is 44.6 Å². The maximum atomic E-state index is 13.4. The Kier molecular flexibility index (Phi) is 7.49. The van der Waals surface area contributed by atoms with E-state index in [1.54, 1.807) is 55.5 Å². The molecule has 1 aliphatic heterocycles. The molecule has 0 bridgehead atoms. The summed E-state index contributed by atoms with van der Waals surface area (Å²) in [4.78, 5) is 13.5. The Labute approximate surface area is 189 Å². The Morgan fingerprint density at radius 1 is 1.16 bits per heavy atom. The highest BCUT2D eigenvalue weighted by Crippen LogP contribution is 2.28. The minimum Gasteiger partial charge on any atom is -0.490 e. The molecule has 0 atom stereocenters. The van der Waals surface area contributed by atoms with Crippen LogP contribution >= 0.6 is 11.6 Å². The summed E-state index contributed by atoms with van der Waals surface area (Å²) in [5, 5.41) is 0.487. The molecule has 1 fully saturated rings. The molecule has 1 amide bonds. The number of amides is 1. The lowest BCUT2D eigenvalue weighted by molar-refractivity contribution is -0.130. The topological polar surface area (TPSA) is 66.9 Å². The standard InChI is InChI=1S/C23H29ClN2O4S/c1-17(2)16-26(20-6-4-5-19(24)15-20)31(28,29)23-9-7-21(8-10-23)30-22-11-13-25(14-12-22)18(3)27/h4-10,15,17,22H,11-14,16H2,1-3H3. The van der Waals surface area contributed by atoms with Gasteiger partial charge in [-0.1, -0.05) is 31.5 Å². The van der Waals surface area contributed by atoms with Crippen molar-refractivity contribution in [3.05, 3.63) is 53.6 Å². The van der Waals surface area contributed by atoms with Crippen LogP contribution in [0.15, 0.2) is 53.4 Å². The summed E-state index contributed by atoms with van der Waals surface area (Å²) in [5.41, 5.74) is 0.541. The van der Waals surface area contributed by atoms with E-state index in [2.05, 4.69) is 0 Å². The Morgan fingerprint density at radius 2 is 1.81 bits per heavy atom. The van der Waals surface area contributed by atoms with Crippen LogP contribution in [0.4, 0.5) is 5.69 Å². The van der Waals surface area contributed by atoms with Crippen molar-refractivity contribution < 1.29 is 17.9 Å². The fraction of sp³-hybridized carbons (Fsp3) is 0.435. The number of hydrogen-bond donors (Lipinski definition) is 0. The second-order valence-electron chi connectivity index (χ2n) is 8.20. The average molecular weight is 465 g/mol. The molecule has 1 aliphatic rings. The molecule has 0 aromatic heterocycles. The average Bonchev–Trinajstić information content (AvgIpc) is 2.72. The summed E-state index contributed by atoms with van der Waals surface area (Å²) in [7, 11) is -3.76. The Morgan fingerprint density at radius 3 is 2.35 bits per heavy atom. The van der Waals surface area contributed by atoms with Crippen molar-refractivity contribution in [1.29, 1.82) is 0 Å². The minimum absolute atomic E-state index is 0.0157. The number of likely N-dealkylation sites (tertiary alicyclic amines) is 1. The third-order valence-corrected chi connectivity index (χ3v) is 7.27. The Hall–Kier alpha value is -2.25. The van der Waals surface area contributed by atoms with Gasteiger partial charge in [-0.3, -0.25) is 9.10 Å². The quantitative estimate of drug-likeness (QED) is 0.601. The Balaban J connectivity index is 1.75. The van der Waals surface area contributed by atoms with Gasteiger partial charge in [0.25, 0.3) is 10.0 Å². The van der Waals surface area contributed by atoms with E-state index in [0.717, 1.165) is 12.8 Å². The van der Waals surface area contributed by atoms with E-state index in [1.165, 1.54) is 4.31 Å². The molecule has 0 N–H and O–H groups in total. The van der Waals surface area contributed by atoms with Crippen molar-refractivity contribution in [2.75, 3.05) is 23.9 Å². The summed E-state index contributed by atoms with van der Waals surface area (Å²) in [6.45, 7) is 7.22. The molecule has 8 heteroatoms. The summed E-state index contributed by atoms with van der Waals surface area (Å²) in [5.74, 6) is 0.842. The van der Waals surface area contributed by atoms with Crippen LogP contribution in [0.5, 0.6) is 5.75 Å². The lowest BCUT2D eigenvalue weighted by atomic mass is 10.1. The van der Waals surface area contributed by atoms with Gasteiger partial charge in [-0.05, 0) is 48.4 Å². The van der Waals surface area contributed by atoms with Crippen LogP contribution in [0.2, 0.25) is 5.02 Å². The second-order valence-corrected chi connectivity index (χ2v) is 10.5.